The maximum Gasteiger partial charge on any atom is 0.328 e. The van der Waals surface area contributed by atoms with Gasteiger partial charge in [0.25, 0.3) is 11.5 Å². The minimum Gasteiger partial charge on any atom is -0.439 e. The van der Waals surface area contributed by atoms with E-state index in [0.717, 1.165) is 5.56 Å². The van der Waals surface area contributed by atoms with E-state index in [2.05, 4.69) is 15.3 Å². The number of hydrogen-bond donors (Lipinski definition) is 2. The lowest BCUT2D eigenvalue weighted by Gasteiger charge is -2.09. The fourth-order valence-corrected chi connectivity index (χ4v) is 3.20. The highest BCUT2D eigenvalue weighted by Gasteiger charge is 2.09. The highest BCUT2D eigenvalue weighted by Crippen LogP contribution is 2.24. The van der Waals surface area contributed by atoms with E-state index in [9.17, 15) is 14.4 Å². The number of halogens is 2. The van der Waals surface area contributed by atoms with Crippen LogP contribution in [0.5, 0.6) is 11.6 Å². The number of H-pyrrole nitrogens is 1. The molecule has 0 aliphatic heterocycles. The molecule has 0 bridgehead atoms. The van der Waals surface area contributed by atoms with Crippen LogP contribution in [0.3, 0.4) is 0 Å². The van der Waals surface area contributed by atoms with Crippen molar-refractivity contribution in [3.05, 3.63) is 115 Å². The van der Waals surface area contributed by atoms with Gasteiger partial charge in [0.1, 0.15) is 5.75 Å². The standard InChI is InChI=1S/C23H16Cl2N4O4/c24-18-7-3-15(11-19(18)25)22(31)27-16-4-8-21(26-12-16)33-17-5-1-14(2-6-17)13-29-10-9-20(30)28-23(29)32/h1-12H,13H2,(H,27,31)(H,28,30,32). The largest absolute Gasteiger partial charge is 0.439 e. The van der Waals surface area contributed by atoms with Gasteiger partial charge in [-0.3, -0.25) is 19.1 Å². The summed E-state index contributed by atoms with van der Waals surface area (Å²) in [5.74, 6) is 0.543. The molecule has 0 saturated carbocycles. The number of aromatic nitrogens is 3. The Hall–Kier alpha value is -3.88. The molecule has 33 heavy (non-hydrogen) atoms. The number of rotatable bonds is 6. The van der Waals surface area contributed by atoms with Crippen molar-refractivity contribution in [1.82, 2.24) is 14.5 Å². The topological polar surface area (TPSA) is 106 Å². The van der Waals surface area contributed by atoms with Crippen LogP contribution in [-0.2, 0) is 6.54 Å². The van der Waals surface area contributed by atoms with Gasteiger partial charge in [-0.2, -0.15) is 0 Å². The Kier molecular flexibility index (Phi) is 6.58. The van der Waals surface area contributed by atoms with Crippen molar-refractivity contribution >= 4 is 34.8 Å². The third kappa shape index (κ3) is 5.68. The van der Waals surface area contributed by atoms with Gasteiger partial charge < -0.3 is 10.1 Å². The third-order valence-corrected chi connectivity index (χ3v) is 5.31. The highest BCUT2D eigenvalue weighted by molar-refractivity contribution is 6.42. The Morgan fingerprint density at radius 1 is 1.00 bits per heavy atom. The molecule has 0 aliphatic rings. The number of nitrogens with zero attached hydrogens (tertiary/aromatic N) is 2. The summed E-state index contributed by atoms with van der Waals surface area (Å²) in [7, 11) is 0. The van der Waals surface area contributed by atoms with E-state index in [1.807, 2.05) is 0 Å². The van der Waals surface area contributed by atoms with Gasteiger partial charge in [-0.25, -0.2) is 9.78 Å². The number of carbonyl (C=O) groups is 1. The van der Waals surface area contributed by atoms with Gasteiger partial charge >= 0.3 is 5.69 Å². The zero-order valence-electron chi connectivity index (χ0n) is 16.9. The molecule has 0 spiro atoms. The average molecular weight is 483 g/mol. The zero-order chi connectivity index (χ0) is 23.4. The van der Waals surface area contributed by atoms with Crippen LogP contribution < -0.4 is 21.3 Å². The Balaban J connectivity index is 1.37. The summed E-state index contributed by atoms with van der Waals surface area (Å²) in [4.78, 5) is 41.7. The lowest BCUT2D eigenvalue weighted by atomic mass is 10.2. The van der Waals surface area contributed by atoms with Crippen LogP contribution in [0.4, 0.5) is 5.69 Å². The zero-order valence-corrected chi connectivity index (χ0v) is 18.4. The monoisotopic (exact) mass is 482 g/mol. The van der Waals surface area contributed by atoms with Crippen LogP contribution in [-0.4, -0.2) is 20.4 Å². The van der Waals surface area contributed by atoms with Crippen molar-refractivity contribution in [2.45, 2.75) is 6.54 Å². The van der Waals surface area contributed by atoms with Gasteiger partial charge in [-0.1, -0.05) is 35.3 Å². The molecule has 0 fully saturated rings. The Bertz CT molecular complexity index is 1410. The van der Waals surface area contributed by atoms with Gasteiger partial charge in [-0.15, -0.1) is 0 Å². The number of benzene rings is 2. The minimum atomic E-state index is -0.474. The van der Waals surface area contributed by atoms with Crippen molar-refractivity contribution in [3.8, 4) is 11.6 Å². The van der Waals surface area contributed by atoms with E-state index in [0.29, 0.717) is 39.5 Å². The van der Waals surface area contributed by atoms with E-state index < -0.39 is 11.2 Å². The predicted molar refractivity (Wildman–Crippen MR) is 126 cm³/mol. The first kappa shape index (κ1) is 22.3. The number of anilines is 1. The molecule has 2 aromatic carbocycles. The maximum atomic E-state index is 12.3. The van der Waals surface area contributed by atoms with Crippen LogP contribution in [0.25, 0.3) is 0 Å². The molecule has 166 valence electrons. The number of carbonyl (C=O) groups excluding carboxylic acids is 1. The summed E-state index contributed by atoms with van der Waals surface area (Å²) >= 11 is 11.8. The lowest BCUT2D eigenvalue weighted by molar-refractivity contribution is 0.102. The molecular formula is C23H16Cl2N4O4. The Labute approximate surface area is 197 Å². The second kappa shape index (κ2) is 9.72. The van der Waals surface area contributed by atoms with E-state index in [4.69, 9.17) is 27.9 Å². The summed E-state index contributed by atoms with van der Waals surface area (Å²) < 4.78 is 7.12. The van der Waals surface area contributed by atoms with Gasteiger partial charge in [0.2, 0.25) is 5.88 Å². The first-order valence-electron chi connectivity index (χ1n) is 9.66. The molecular weight excluding hydrogens is 467 g/mol. The predicted octanol–water partition coefficient (Wildman–Crippen LogP) is 4.33. The van der Waals surface area contributed by atoms with Crippen molar-refractivity contribution in [2.75, 3.05) is 5.32 Å². The van der Waals surface area contributed by atoms with Crippen molar-refractivity contribution in [3.63, 3.8) is 0 Å². The molecule has 8 nitrogen and oxygen atoms in total. The number of aromatic amines is 1. The molecule has 4 rings (SSSR count). The van der Waals surface area contributed by atoms with Gasteiger partial charge in [0.05, 0.1) is 28.5 Å². The number of hydrogen-bond acceptors (Lipinski definition) is 5. The lowest BCUT2D eigenvalue weighted by Crippen LogP contribution is -2.28. The van der Waals surface area contributed by atoms with Crippen molar-refractivity contribution in [2.24, 2.45) is 0 Å². The van der Waals surface area contributed by atoms with E-state index in [-0.39, 0.29) is 5.91 Å². The number of amides is 1. The molecule has 4 aromatic rings. The first-order chi connectivity index (χ1) is 15.9. The van der Waals surface area contributed by atoms with E-state index in [1.165, 1.54) is 29.1 Å². The van der Waals surface area contributed by atoms with Crippen LogP contribution in [0.2, 0.25) is 10.0 Å². The average Bonchev–Trinajstić information content (AvgIpc) is 2.80. The number of nitrogens with one attached hydrogen (secondary N) is 2. The Morgan fingerprint density at radius 2 is 1.79 bits per heavy atom. The van der Waals surface area contributed by atoms with Crippen LogP contribution in [0.1, 0.15) is 15.9 Å². The number of pyridine rings is 1. The molecule has 2 N–H and O–H groups in total. The molecule has 1 amide bonds. The molecule has 2 heterocycles. The summed E-state index contributed by atoms with van der Waals surface area (Å²) in [6, 6.07) is 16.3. The third-order valence-electron chi connectivity index (χ3n) is 4.57. The maximum absolute atomic E-state index is 12.3. The molecule has 0 unspecified atom stereocenters. The second-order valence-corrected chi connectivity index (χ2v) is 7.77. The fourth-order valence-electron chi connectivity index (χ4n) is 2.90. The summed E-state index contributed by atoms with van der Waals surface area (Å²) in [5, 5.41) is 3.39. The summed E-state index contributed by atoms with van der Waals surface area (Å²) in [6.45, 7) is 0.307. The van der Waals surface area contributed by atoms with Crippen LogP contribution in [0, 0.1) is 0 Å². The minimum absolute atomic E-state index is 0.294. The van der Waals surface area contributed by atoms with Crippen molar-refractivity contribution < 1.29 is 9.53 Å². The SMILES string of the molecule is O=C(Nc1ccc(Oc2ccc(Cn3ccc(=O)[nH]c3=O)cc2)nc1)c1ccc(Cl)c(Cl)c1. The highest BCUT2D eigenvalue weighted by atomic mass is 35.5. The second-order valence-electron chi connectivity index (χ2n) is 6.95. The van der Waals surface area contributed by atoms with E-state index >= 15 is 0 Å². The summed E-state index contributed by atoms with van der Waals surface area (Å²) in [6.07, 6.45) is 2.92. The molecule has 2 aromatic heterocycles. The summed E-state index contributed by atoms with van der Waals surface area (Å²) in [5.41, 5.74) is 0.796. The van der Waals surface area contributed by atoms with Crippen molar-refractivity contribution in [1.29, 1.82) is 0 Å². The fraction of sp³-hybridized carbons (Fsp3) is 0.0435. The molecule has 0 atom stereocenters. The molecule has 0 aliphatic carbocycles. The smallest absolute Gasteiger partial charge is 0.328 e. The quantitative estimate of drug-likeness (QED) is 0.425. The van der Waals surface area contributed by atoms with E-state index in [1.54, 1.807) is 48.5 Å². The normalized spacial score (nSPS) is 10.6. The van der Waals surface area contributed by atoms with Gasteiger partial charge in [-0.05, 0) is 42.0 Å². The molecule has 0 saturated heterocycles. The Morgan fingerprint density at radius 3 is 2.45 bits per heavy atom. The van der Waals surface area contributed by atoms with Crippen LogP contribution in [0.15, 0.2) is 82.6 Å². The first-order valence-corrected chi connectivity index (χ1v) is 10.4. The van der Waals surface area contributed by atoms with Crippen LogP contribution >= 0.6 is 23.2 Å². The molecule has 0 radical (unpaired) electrons. The van der Waals surface area contributed by atoms with Gasteiger partial charge in [0.15, 0.2) is 0 Å². The van der Waals surface area contributed by atoms with Gasteiger partial charge in [0, 0.05) is 23.9 Å². The molecule has 10 heteroatoms. The number of ether oxygens (including phenoxy) is 1.